The van der Waals surface area contributed by atoms with Crippen LogP contribution < -0.4 is 0 Å². The molecule has 0 radical (unpaired) electrons. The maximum atomic E-state index is 12.6. The number of benzene rings is 1. The van der Waals surface area contributed by atoms with E-state index in [1.54, 1.807) is 28.8 Å². The van der Waals surface area contributed by atoms with E-state index < -0.39 is 19.1 Å². The van der Waals surface area contributed by atoms with E-state index in [9.17, 15) is 4.79 Å². The van der Waals surface area contributed by atoms with Crippen LogP contribution in [0.1, 0.15) is 23.7 Å². The van der Waals surface area contributed by atoms with Gasteiger partial charge in [-0.15, -0.1) is 0 Å². The van der Waals surface area contributed by atoms with Gasteiger partial charge >= 0.3 is 0 Å². The summed E-state index contributed by atoms with van der Waals surface area (Å²) in [5.74, 6) is -0.698. The first-order valence-corrected chi connectivity index (χ1v) is 7.25. The van der Waals surface area contributed by atoms with Crippen molar-refractivity contribution in [1.29, 1.82) is 0 Å². The molecule has 1 aromatic carbocycles. The smallest absolute Gasteiger partial charge is 0.228 e. The topological polar surface area (TPSA) is 37.6 Å². The SMILES string of the molecule is [2H]C([2H])([2H])c1ccc(-c2nc3ccc(C)cn3c2C([2H])([2H])C(=O)N(C)C)cc1. The van der Waals surface area contributed by atoms with Gasteiger partial charge in [0.05, 0.1) is 17.8 Å². The summed E-state index contributed by atoms with van der Waals surface area (Å²) in [5.41, 5.74) is 2.55. The van der Waals surface area contributed by atoms with Gasteiger partial charge in [0.1, 0.15) is 5.65 Å². The van der Waals surface area contributed by atoms with Gasteiger partial charge in [0, 0.05) is 32.7 Å². The number of imidazole rings is 1. The molecule has 3 aromatic rings. The summed E-state index contributed by atoms with van der Waals surface area (Å²) in [6, 6.07) is 9.76. The molecule has 1 amide bonds. The number of fused-ring (bicyclic) bond motifs is 1. The number of hydrogen-bond donors (Lipinski definition) is 0. The minimum Gasteiger partial charge on any atom is -0.348 e. The number of amides is 1. The first kappa shape index (κ1) is 10.2. The lowest BCUT2D eigenvalue weighted by atomic mass is 10.1. The van der Waals surface area contributed by atoms with Gasteiger partial charge in [-0.3, -0.25) is 4.79 Å². The largest absolute Gasteiger partial charge is 0.348 e. The molecule has 0 aliphatic rings. The molecular formula is C19H21N3O. The van der Waals surface area contributed by atoms with Gasteiger partial charge in [-0.05, 0) is 25.4 Å². The Kier molecular flexibility index (Phi) is 2.61. The molecule has 4 nitrogen and oxygen atoms in total. The fraction of sp³-hybridized carbons (Fsp3) is 0.263. The maximum absolute atomic E-state index is 12.6. The van der Waals surface area contributed by atoms with Gasteiger partial charge < -0.3 is 9.30 Å². The van der Waals surface area contributed by atoms with Gasteiger partial charge in [-0.1, -0.05) is 35.9 Å². The number of carbonyl (C=O) groups excluding carboxylic acids is 1. The van der Waals surface area contributed by atoms with E-state index in [4.69, 9.17) is 6.85 Å². The Morgan fingerprint density at radius 3 is 2.57 bits per heavy atom. The van der Waals surface area contributed by atoms with Crippen molar-refractivity contribution in [3.63, 3.8) is 0 Å². The first-order valence-electron chi connectivity index (χ1n) is 9.75. The van der Waals surface area contributed by atoms with Gasteiger partial charge in [0.25, 0.3) is 0 Å². The molecule has 2 aromatic heterocycles. The van der Waals surface area contributed by atoms with Crippen LogP contribution in [0.5, 0.6) is 0 Å². The number of likely N-dealkylation sites (N-methyl/N-ethyl adjacent to an activating group) is 1. The Labute approximate surface area is 143 Å². The number of aryl methyl sites for hydroxylation is 2. The van der Waals surface area contributed by atoms with Crippen LogP contribution in [0, 0.1) is 13.8 Å². The van der Waals surface area contributed by atoms with Crippen LogP contribution >= 0.6 is 0 Å². The molecule has 23 heavy (non-hydrogen) atoms. The minimum atomic E-state index is -2.32. The Hall–Kier alpha value is -2.62. The molecule has 0 saturated carbocycles. The molecule has 0 aliphatic carbocycles. The summed E-state index contributed by atoms with van der Waals surface area (Å²) < 4.78 is 41.2. The summed E-state index contributed by atoms with van der Waals surface area (Å²) in [5, 5.41) is 0. The number of hydrogen-bond acceptors (Lipinski definition) is 2. The maximum Gasteiger partial charge on any atom is 0.228 e. The van der Waals surface area contributed by atoms with Crippen LogP contribution in [-0.2, 0) is 11.2 Å². The van der Waals surface area contributed by atoms with E-state index in [1.807, 2.05) is 13.0 Å². The van der Waals surface area contributed by atoms with Gasteiger partial charge in [-0.2, -0.15) is 0 Å². The zero-order valence-electron chi connectivity index (χ0n) is 18.3. The number of carbonyl (C=O) groups is 1. The third-order valence-electron chi connectivity index (χ3n) is 3.56. The van der Waals surface area contributed by atoms with Crippen molar-refractivity contribution in [2.75, 3.05) is 14.1 Å². The summed E-state index contributed by atoms with van der Waals surface area (Å²) in [7, 11) is 3.00. The second kappa shape index (κ2) is 5.88. The molecule has 2 heterocycles. The van der Waals surface area contributed by atoms with Gasteiger partial charge in [-0.25, -0.2) is 4.98 Å². The second-order valence-corrected chi connectivity index (χ2v) is 5.65. The molecular weight excluding hydrogens is 286 g/mol. The highest BCUT2D eigenvalue weighted by atomic mass is 16.2. The molecule has 0 saturated heterocycles. The molecule has 0 N–H and O–H groups in total. The monoisotopic (exact) mass is 312 g/mol. The van der Waals surface area contributed by atoms with Crippen molar-refractivity contribution in [1.82, 2.24) is 14.3 Å². The second-order valence-electron chi connectivity index (χ2n) is 5.65. The Bertz CT molecular complexity index is 1040. The highest BCUT2D eigenvalue weighted by Gasteiger charge is 2.18. The lowest BCUT2D eigenvalue weighted by Crippen LogP contribution is -2.24. The molecule has 118 valence electrons. The number of rotatable bonds is 3. The van der Waals surface area contributed by atoms with E-state index in [1.165, 1.54) is 31.1 Å². The molecule has 0 spiro atoms. The molecule has 0 atom stereocenters. The van der Waals surface area contributed by atoms with Crippen LogP contribution in [-0.4, -0.2) is 34.3 Å². The fourth-order valence-electron chi connectivity index (χ4n) is 2.31. The van der Waals surface area contributed by atoms with Crippen molar-refractivity contribution in [2.24, 2.45) is 0 Å². The summed E-state index contributed by atoms with van der Waals surface area (Å²) in [6.45, 7) is -0.357. The number of pyridine rings is 1. The van der Waals surface area contributed by atoms with E-state index in [0.717, 1.165) is 5.56 Å². The summed E-state index contributed by atoms with van der Waals surface area (Å²) >= 11 is 0. The molecule has 0 bridgehead atoms. The van der Waals surface area contributed by atoms with Crippen molar-refractivity contribution in [3.05, 3.63) is 59.4 Å². The lowest BCUT2D eigenvalue weighted by Gasteiger charge is -2.11. The molecule has 0 fully saturated rings. The van der Waals surface area contributed by atoms with Crippen LogP contribution in [0.2, 0.25) is 0 Å². The van der Waals surface area contributed by atoms with Gasteiger partial charge in [0.15, 0.2) is 0 Å². The third kappa shape index (κ3) is 2.97. The summed E-state index contributed by atoms with van der Waals surface area (Å²) in [6.07, 6.45) is -0.590. The number of nitrogens with zero attached hydrogens (tertiary/aromatic N) is 3. The predicted octanol–water partition coefficient (Wildman–Crippen LogP) is 3.25. The first-order chi connectivity index (χ1) is 12.9. The van der Waals surface area contributed by atoms with Crippen LogP contribution in [0.3, 0.4) is 0 Å². The minimum absolute atomic E-state index is 0.117. The molecule has 3 rings (SSSR count). The van der Waals surface area contributed by atoms with E-state index in [-0.39, 0.29) is 11.3 Å². The van der Waals surface area contributed by atoms with Gasteiger partial charge in [0.2, 0.25) is 5.91 Å². The summed E-state index contributed by atoms with van der Waals surface area (Å²) in [4.78, 5) is 18.3. The molecule has 0 unspecified atom stereocenters. The Morgan fingerprint density at radius 1 is 1.22 bits per heavy atom. The third-order valence-corrected chi connectivity index (χ3v) is 3.56. The zero-order valence-corrected chi connectivity index (χ0v) is 13.3. The molecule has 0 aliphatic heterocycles. The van der Waals surface area contributed by atoms with E-state index in [2.05, 4.69) is 4.98 Å². The normalized spacial score (nSPS) is 15.3. The van der Waals surface area contributed by atoms with Crippen molar-refractivity contribution >= 4 is 11.6 Å². The highest BCUT2D eigenvalue weighted by Crippen LogP contribution is 2.26. The average molecular weight is 312 g/mol. The molecule has 4 heteroatoms. The Balaban J connectivity index is 2.27. The van der Waals surface area contributed by atoms with Crippen molar-refractivity contribution in [3.8, 4) is 11.3 Å². The predicted molar refractivity (Wildman–Crippen MR) is 92.5 cm³/mol. The van der Waals surface area contributed by atoms with Crippen LogP contribution in [0.25, 0.3) is 16.9 Å². The standard InChI is InChI=1S/C19H21N3O/c1-13-5-8-15(9-6-13)19-16(11-18(23)21(3)4)22-12-14(2)7-10-17(22)20-19/h5-10,12H,11H2,1-4H3/i1D3,11D2. The number of aromatic nitrogens is 2. The van der Waals surface area contributed by atoms with Crippen molar-refractivity contribution in [2.45, 2.75) is 20.1 Å². The quantitative estimate of drug-likeness (QED) is 0.744. The van der Waals surface area contributed by atoms with E-state index >= 15 is 0 Å². The lowest BCUT2D eigenvalue weighted by molar-refractivity contribution is -0.128. The zero-order chi connectivity index (χ0) is 20.9. The van der Waals surface area contributed by atoms with Crippen molar-refractivity contribution < 1.29 is 11.6 Å². The average Bonchev–Trinajstić information content (AvgIpc) is 2.99. The highest BCUT2D eigenvalue weighted by molar-refractivity contribution is 5.81. The Morgan fingerprint density at radius 2 is 1.91 bits per heavy atom. The van der Waals surface area contributed by atoms with E-state index in [0.29, 0.717) is 16.9 Å². The fourth-order valence-corrected chi connectivity index (χ4v) is 2.31. The van der Waals surface area contributed by atoms with Crippen LogP contribution in [0.15, 0.2) is 42.6 Å². The van der Waals surface area contributed by atoms with Crippen LogP contribution in [0.4, 0.5) is 0 Å².